The zero-order chi connectivity index (χ0) is 23.1. The molecule has 2 amide bonds. The number of piperidine rings is 1. The average molecular weight is 464 g/mol. The maximum atomic E-state index is 12.9. The van der Waals surface area contributed by atoms with Gasteiger partial charge in [0.05, 0.1) is 4.88 Å². The van der Waals surface area contributed by atoms with E-state index in [1.807, 2.05) is 30.9 Å². The zero-order valence-electron chi connectivity index (χ0n) is 19.0. The molecule has 0 aromatic carbocycles. The van der Waals surface area contributed by atoms with Crippen molar-refractivity contribution in [1.29, 1.82) is 0 Å². The molecule has 1 saturated heterocycles. The Morgan fingerprint density at radius 1 is 1.31 bits per heavy atom. The zero-order valence-corrected chi connectivity index (χ0v) is 19.9. The highest BCUT2D eigenvalue weighted by Gasteiger charge is 2.30. The fourth-order valence-corrected chi connectivity index (χ4v) is 4.70. The van der Waals surface area contributed by atoms with Gasteiger partial charge in [-0.1, -0.05) is 18.4 Å². The van der Waals surface area contributed by atoms with Gasteiger partial charge in [0.1, 0.15) is 6.04 Å². The minimum atomic E-state index is -0.880. The Hall–Kier alpha value is -2.62. The van der Waals surface area contributed by atoms with Gasteiger partial charge in [0.25, 0.3) is 5.91 Å². The van der Waals surface area contributed by atoms with Crippen molar-refractivity contribution in [3.05, 3.63) is 27.8 Å². The third-order valence-electron chi connectivity index (χ3n) is 5.89. The molecule has 1 aliphatic rings. The monoisotopic (exact) mass is 463 g/mol. The first-order valence-corrected chi connectivity index (χ1v) is 12.2. The van der Waals surface area contributed by atoms with E-state index >= 15 is 0 Å². The normalized spacial score (nSPS) is 15.5. The molecule has 0 bridgehead atoms. The second-order valence-corrected chi connectivity index (χ2v) is 9.53. The molecule has 176 valence electrons. The largest absolute Gasteiger partial charge is 0.465 e. The second kappa shape index (κ2) is 11.3. The number of carbonyl (C=O) groups excluding carboxylic acids is 1. The SMILES string of the molecule is CCCCN(CC)c1nnc(C(CC2CCN(C(=O)O)CC2)NC(=O)c2ccc(C)s2)o1. The van der Waals surface area contributed by atoms with Gasteiger partial charge in [0.2, 0.25) is 5.89 Å². The third kappa shape index (κ3) is 6.21. The highest BCUT2D eigenvalue weighted by Crippen LogP contribution is 2.30. The molecule has 10 heteroatoms. The van der Waals surface area contributed by atoms with E-state index in [2.05, 4.69) is 22.4 Å². The summed E-state index contributed by atoms with van der Waals surface area (Å²) < 4.78 is 6.03. The second-order valence-electron chi connectivity index (χ2n) is 8.24. The van der Waals surface area contributed by atoms with Crippen molar-refractivity contribution in [3.63, 3.8) is 0 Å². The first kappa shape index (κ1) is 24.0. The summed E-state index contributed by atoms with van der Waals surface area (Å²) in [4.78, 5) is 29.3. The van der Waals surface area contributed by atoms with Crippen molar-refractivity contribution >= 4 is 29.4 Å². The molecule has 3 heterocycles. The van der Waals surface area contributed by atoms with Crippen molar-refractivity contribution in [1.82, 2.24) is 20.4 Å². The van der Waals surface area contributed by atoms with Gasteiger partial charge in [-0.05, 0) is 57.6 Å². The molecule has 0 saturated carbocycles. The molecule has 0 spiro atoms. The minimum absolute atomic E-state index is 0.158. The van der Waals surface area contributed by atoms with E-state index < -0.39 is 12.1 Å². The van der Waals surface area contributed by atoms with Gasteiger partial charge in [-0.2, -0.15) is 0 Å². The van der Waals surface area contributed by atoms with Gasteiger partial charge in [0, 0.05) is 31.1 Å². The maximum absolute atomic E-state index is 12.9. The number of nitrogens with zero attached hydrogens (tertiary/aromatic N) is 4. The molecule has 2 aromatic heterocycles. The van der Waals surface area contributed by atoms with Gasteiger partial charge in [0.15, 0.2) is 0 Å². The fourth-order valence-electron chi connectivity index (χ4n) is 3.93. The Labute approximate surface area is 192 Å². The van der Waals surface area contributed by atoms with Crippen LogP contribution in [0.5, 0.6) is 0 Å². The van der Waals surface area contributed by atoms with Crippen LogP contribution in [0, 0.1) is 12.8 Å². The summed E-state index contributed by atoms with van der Waals surface area (Å²) in [6.45, 7) is 8.76. The molecule has 0 aliphatic carbocycles. The quantitative estimate of drug-likeness (QED) is 0.540. The van der Waals surface area contributed by atoms with Crippen molar-refractivity contribution in [2.45, 2.75) is 58.9 Å². The number of anilines is 1. The summed E-state index contributed by atoms with van der Waals surface area (Å²) in [5.41, 5.74) is 0. The van der Waals surface area contributed by atoms with Gasteiger partial charge in [-0.25, -0.2) is 4.79 Å². The summed E-state index contributed by atoms with van der Waals surface area (Å²) in [7, 11) is 0. The summed E-state index contributed by atoms with van der Waals surface area (Å²) in [5.74, 6) is 0.505. The summed E-state index contributed by atoms with van der Waals surface area (Å²) in [5, 5.41) is 20.8. The third-order valence-corrected chi connectivity index (χ3v) is 6.88. The van der Waals surface area contributed by atoms with Gasteiger partial charge in [-0.15, -0.1) is 16.4 Å². The summed E-state index contributed by atoms with van der Waals surface area (Å²) >= 11 is 1.45. The number of amides is 2. The van der Waals surface area contributed by atoms with Crippen molar-refractivity contribution in [2.75, 3.05) is 31.1 Å². The Bertz CT molecular complexity index is 891. The van der Waals surface area contributed by atoms with Crippen LogP contribution < -0.4 is 10.2 Å². The van der Waals surface area contributed by atoms with Crippen LogP contribution in [0.3, 0.4) is 0 Å². The van der Waals surface area contributed by atoms with Crippen LogP contribution in [0.4, 0.5) is 10.8 Å². The van der Waals surface area contributed by atoms with Crippen LogP contribution >= 0.6 is 11.3 Å². The minimum Gasteiger partial charge on any atom is -0.465 e. The number of thiophene rings is 1. The molecular weight excluding hydrogens is 430 g/mol. The van der Waals surface area contributed by atoms with Crippen LogP contribution in [0.15, 0.2) is 16.5 Å². The van der Waals surface area contributed by atoms with Crippen LogP contribution in [0.1, 0.15) is 72.4 Å². The van der Waals surface area contributed by atoms with Crippen LogP contribution in [-0.4, -0.2) is 58.4 Å². The topological polar surface area (TPSA) is 112 Å². The van der Waals surface area contributed by atoms with Crippen LogP contribution in [0.25, 0.3) is 0 Å². The highest BCUT2D eigenvalue weighted by molar-refractivity contribution is 7.13. The van der Waals surface area contributed by atoms with E-state index in [9.17, 15) is 14.7 Å². The molecule has 2 N–H and O–H groups in total. The summed E-state index contributed by atoms with van der Waals surface area (Å²) in [6.07, 6.45) is 3.35. The van der Waals surface area contributed by atoms with Gasteiger partial charge in [-0.3, -0.25) is 4.79 Å². The predicted octanol–water partition coefficient (Wildman–Crippen LogP) is 4.32. The lowest BCUT2D eigenvalue weighted by Crippen LogP contribution is -2.39. The lowest BCUT2D eigenvalue weighted by molar-refractivity contribution is 0.0917. The molecular formula is C22H33N5O4S. The first-order valence-electron chi connectivity index (χ1n) is 11.3. The van der Waals surface area contributed by atoms with E-state index in [-0.39, 0.29) is 11.8 Å². The smallest absolute Gasteiger partial charge is 0.407 e. The molecule has 32 heavy (non-hydrogen) atoms. The Morgan fingerprint density at radius 2 is 2.06 bits per heavy atom. The molecule has 1 atom stereocenters. The first-order chi connectivity index (χ1) is 15.4. The Morgan fingerprint density at radius 3 is 2.66 bits per heavy atom. The standard InChI is InChI=1S/C22H33N5O4S/c1-4-6-11-26(5-2)21-25-24-20(31-21)17(23-19(28)18-8-7-15(3)32-18)14-16-9-12-27(13-10-16)22(29)30/h7-8,16-17H,4-6,9-14H2,1-3H3,(H,23,28)(H,29,30). The fraction of sp³-hybridized carbons (Fsp3) is 0.636. The number of aryl methyl sites for hydroxylation is 1. The van der Waals surface area contributed by atoms with Crippen LogP contribution in [0.2, 0.25) is 0 Å². The lowest BCUT2D eigenvalue weighted by atomic mass is 9.90. The van der Waals surface area contributed by atoms with Crippen molar-refractivity contribution < 1.29 is 19.1 Å². The van der Waals surface area contributed by atoms with E-state index in [0.29, 0.717) is 36.3 Å². The number of hydrogen-bond acceptors (Lipinski definition) is 7. The van der Waals surface area contributed by atoms with E-state index in [1.165, 1.54) is 16.2 Å². The average Bonchev–Trinajstić information content (AvgIpc) is 3.44. The number of unbranched alkanes of at least 4 members (excludes halogenated alkanes) is 1. The van der Waals surface area contributed by atoms with Gasteiger partial charge >= 0.3 is 12.1 Å². The van der Waals surface area contributed by atoms with Crippen molar-refractivity contribution in [3.8, 4) is 0 Å². The number of aromatic nitrogens is 2. The number of carbonyl (C=O) groups is 2. The molecule has 1 fully saturated rings. The molecule has 0 radical (unpaired) electrons. The summed E-state index contributed by atoms with van der Waals surface area (Å²) in [6, 6.07) is 3.80. The van der Waals surface area contributed by atoms with E-state index in [1.54, 1.807) is 0 Å². The predicted molar refractivity (Wildman–Crippen MR) is 123 cm³/mol. The number of carboxylic acid groups (broad SMARTS) is 1. The van der Waals surface area contributed by atoms with Crippen LogP contribution in [-0.2, 0) is 0 Å². The van der Waals surface area contributed by atoms with Gasteiger partial charge < -0.3 is 24.6 Å². The highest BCUT2D eigenvalue weighted by atomic mass is 32.1. The molecule has 2 aromatic rings. The Balaban J connectivity index is 1.74. The molecule has 1 aliphatic heterocycles. The van der Waals surface area contributed by atoms with Crippen molar-refractivity contribution in [2.24, 2.45) is 5.92 Å². The lowest BCUT2D eigenvalue weighted by Gasteiger charge is -2.31. The molecule has 3 rings (SSSR count). The number of hydrogen-bond donors (Lipinski definition) is 2. The maximum Gasteiger partial charge on any atom is 0.407 e. The molecule has 9 nitrogen and oxygen atoms in total. The van der Waals surface area contributed by atoms with E-state index in [4.69, 9.17) is 4.42 Å². The number of nitrogens with one attached hydrogen (secondary N) is 1. The van der Waals surface area contributed by atoms with E-state index in [0.717, 1.165) is 43.6 Å². The Kier molecular flexibility index (Phi) is 8.49. The number of rotatable bonds is 10. The number of likely N-dealkylation sites (tertiary alicyclic amines) is 1. The molecule has 1 unspecified atom stereocenters.